The van der Waals surface area contributed by atoms with Gasteiger partial charge < -0.3 is 4.74 Å². The van der Waals surface area contributed by atoms with Crippen molar-refractivity contribution >= 4 is 5.97 Å². The lowest BCUT2D eigenvalue weighted by Gasteiger charge is -2.65. The lowest BCUT2D eigenvalue weighted by Crippen LogP contribution is -2.57. The molecule has 0 saturated heterocycles. The van der Waals surface area contributed by atoms with Crippen LogP contribution in [-0.2, 0) is 9.53 Å². The average Bonchev–Trinajstić information content (AvgIpc) is 3.07. The summed E-state index contributed by atoms with van der Waals surface area (Å²) in [6.07, 6.45) is 11.1. The molecule has 3 aliphatic rings. The van der Waals surface area contributed by atoms with Crippen molar-refractivity contribution in [2.45, 2.75) is 93.4 Å². The van der Waals surface area contributed by atoms with Crippen LogP contribution in [0.25, 0.3) is 0 Å². The Morgan fingerprint density at radius 1 is 1.15 bits per heavy atom. The summed E-state index contributed by atoms with van der Waals surface area (Å²) >= 11 is 0. The Kier molecular flexibility index (Phi) is 5.60. The monoisotopic (exact) mass is 374 g/mol. The van der Waals surface area contributed by atoms with Gasteiger partial charge in [-0.2, -0.15) is 0 Å². The van der Waals surface area contributed by atoms with Crippen LogP contribution in [0, 0.1) is 39.9 Å². The molecular formula is C25H42O2. The predicted molar refractivity (Wildman–Crippen MR) is 112 cm³/mol. The van der Waals surface area contributed by atoms with Crippen molar-refractivity contribution in [2.75, 3.05) is 6.61 Å². The average molecular weight is 375 g/mol. The Balaban J connectivity index is 1.95. The molecule has 2 saturated carbocycles. The van der Waals surface area contributed by atoms with Crippen molar-refractivity contribution in [3.8, 4) is 0 Å². The first kappa shape index (κ1) is 20.9. The second kappa shape index (κ2) is 7.23. The van der Waals surface area contributed by atoms with E-state index >= 15 is 0 Å². The van der Waals surface area contributed by atoms with Gasteiger partial charge in [0.1, 0.15) is 6.61 Å². The molecule has 2 aliphatic carbocycles. The van der Waals surface area contributed by atoms with Crippen LogP contribution < -0.4 is 0 Å². The van der Waals surface area contributed by atoms with E-state index in [2.05, 4.69) is 48.5 Å². The largest absolute Gasteiger partial charge is 0.458 e. The van der Waals surface area contributed by atoms with Gasteiger partial charge >= 0.3 is 5.97 Å². The third-order valence-corrected chi connectivity index (χ3v) is 9.92. The zero-order valence-electron chi connectivity index (χ0n) is 18.9. The molecule has 1 aliphatic heterocycles. The van der Waals surface area contributed by atoms with Gasteiger partial charge in [0.2, 0.25) is 0 Å². The molecule has 1 heterocycles. The topological polar surface area (TPSA) is 26.3 Å². The van der Waals surface area contributed by atoms with Gasteiger partial charge in [-0.3, -0.25) is 0 Å². The molecule has 0 bridgehead atoms. The molecule has 3 rings (SSSR count). The van der Waals surface area contributed by atoms with E-state index in [1.807, 2.05) is 6.08 Å². The zero-order valence-corrected chi connectivity index (χ0v) is 18.9. The Morgan fingerprint density at radius 3 is 2.41 bits per heavy atom. The van der Waals surface area contributed by atoms with Crippen molar-refractivity contribution in [3.05, 3.63) is 11.6 Å². The summed E-state index contributed by atoms with van der Waals surface area (Å²) in [5.74, 6) is 2.53. The number of rotatable bonds is 5. The van der Waals surface area contributed by atoms with Crippen LogP contribution in [0.3, 0.4) is 0 Å². The summed E-state index contributed by atoms with van der Waals surface area (Å²) in [5.41, 5.74) is 2.16. The van der Waals surface area contributed by atoms with Gasteiger partial charge in [0.05, 0.1) is 0 Å². The van der Waals surface area contributed by atoms with E-state index in [9.17, 15) is 4.79 Å². The number of carbonyl (C=O) groups excluding carboxylic acids is 1. The predicted octanol–water partition coefficient (Wildman–Crippen LogP) is 6.79. The van der Waals surface area contributed by atoms with Crippen LogP contribution in [-0.4, -0.2) is 12.6 Å². The van der Waals surface area contributed by atoms with Crippen LogP contribution in [0.2, 0.25) is 0 Å². The van der Waals surface area contributed by atoms with Crippen LogP contribution >= 0.6 is 0 Å². The Bertz CT molecular complexity index is 607. The molecule has 0 aromatic heterocycles. The molecule has 0 aromatic carbocycles. The van der Waals surface area contributed by atoms with Gasteiger partial charge in [-0.25, -0.2) is 4.79 Å². The van der Waals surface area contributed by atoms with E-state index in [4.69, 9.17) is 4.74 Å². The maximum Gasteiger partial charge on any atom is 0.334 e. The quantitative estimate of drug-likeness (QED) is 0.495. The highest BCUT2D eigenvalue weighted by atomic mass is 16.5. The van der Waals surface area contributed by atoms with Crippen LogP contribution in [0.5, 0.6) is 0 Å². The van der Waals surface area contributed by atoms with Gasteiger partial charge in [-0.1, -0.05) is 61.3 Å². The highest BCUT2D eigenvalue weighted by Crippen LogP contribution is 2.68. The van der Waals surface area contributed by atoms with Crippen molar-refractivity contribution in [3.63, 3.8) is 0 Å². The summed E-state index contributed by atoms with van der Waals surface area (Å²) in [5, 5.41) is 0. The lowest BCUT2D eigenvalue weighted by molar-refractivity contribution is -0.160. The van der Waals surface area contributed by atoms with Gasteiger partial charge in [0.15, 0.2) is 0 Å². The van der Waals surface area contributed by atoms with Crippen LogP contribution in [0.1, 0.15) is 93.4 Å². The molecule has 27 heavy (non-hydrogen) atoms. The second-order valence-electron chi connectivity index (χ2n) is 10.9. The Hall–Kier alpha value is -0.790. The first-order chi connectivity index (χ1) is 12.6. The molecule has 7 unspecified atom stereocenters. The number of hydrogen-bond donors (Lipinski definition) is 0. The van der Waals surface area contributed by atoms with E-state index in [1.54, 1.807) is 0 Å². The van der Waals surface area contributed by atoms with Crippen LogP contribution in [0.15, 0.2) is 11.6 Å². The fourth-order valence-electron chi connectivity index (χ4n) is 7.48. The number of carbonyl (C=O) groups is 1. The Labute approximate surface area is 167 Å². The van der Waals surface area contributed by atoms with Crippen molar-refractivity contribution in [1.82, 2.24) is 0 Å². The number of hydrogen-bond acceptors (Lipinski definition) is 2. The van der Waals surface area contributed by atoms with E-state index in [1.165, 1.54) is 38.5 Å². The highest BCUT2D eigenvalue weighted by Gasteiger charge is 2.60. The van der Waals surface area contributed by atoms with Crippen molar-refractivity contribution < 1.29 is 9.53 Å². The standard InChI is InChI=1S/C25H42O2/c1-8-23(5)13-11-20-24(6,9-2)18(4)10-14-25(20,7)21(23)16-17(3)19-12-15-27-22(19)26/h12,17-18,20-21H,8-11,13-16H2,1-7H3. The number of cyclic esters (lactones) is 1. The molecule has 0 spiro atoms. The minimum atomic E-state index is -0.0751. The van der Waals surface area contributed by atoms with Gasteiger partial charge in [0, 0.05) is 5.57 Å². The van der Waals surface area contributed by atoms with Gasteiger partial charge in [0.25, 0.3) is 0 Å². The minimum absolute atomic E-state index is 0.0751. The van der Waals surface area contributed by atoms with E-state index in [0.717, 1.165) is 23.8 Å². The van der Waals surface area contributed by atoms with E-state index < -0.39 is 0 Å². The SMILES string of the molecule is CCC1(C)CCC2C(C)(CC)C(C)CCC2(C)C1CC(C)C1=CCOC1=O. The lowest BCUT2D eigenvalue weighted by atomic mass is 9.40. The third kappa shape index (κ3) is 3.19. The van der Waals surface area contributed by atoms with Crippen LogP contribution in [0.4, 0.5) is 0 Å². The number of ether oxygens (including phenoxy) is 1. The smallest absolute Gasteiger partial charge is 0.334 e. The van der Waals surface area contributed by atoms with Crippen molar-refractivity contribution in [1.29, 1.82) is 0 Å². The normalized spacial score (nSPS) is 45.8. The summed E-state index contributed by atoms with van der Waals surface area (Å²) in [6.45, 7) is 17.7. The molecule has 154 valence electrons. The molecule has 7 atom stereocenters. The summed E-state index contributed by atoms with van der Waals surface area (Å²) in [6, 6.07) is 0. The molecule has 0 N–H and O–H groups in total. The Morgan fingerprint density at radius 2 is 1.85 bits per heavy atom. The minimum Gasteiger partial charge on any atom is -0.458 e. The van der Waals surface area contributed by atoms with E-state index in [0.29, 0.717) is 34.7 Å². The molecule has 0 amide bonds. The van der Waals surface area contributed by atoms with Gasteiger partial charge in [-0.05, 0) is 78.1 Å². The second-order valence-corrected chi connectivity index (χ2v) is 10.9. The molecule has 2 fully saturated rings. The first-order valence-corrected chi connectivity index (χ1v) is 11.5. The van der Waals surface area contributed by atoms with E-state index in [-0.39, 0.29) is 5.97 Å². The summed E-state index contributed by atoms with van der Waals surface area (Å²) < 4.78 is 5.22. The first-order valence-electron chi connectivity index (χ1n) is 11.5. The number of fused-ring (bicyclic) bond motifs is 1. The fourth-order valence-corrected chi connectivity index (χ4v) is 7.48. The summed E-state index contributed by atoms with van der Waals surface area (Å²) in [7, 11) is 0. The third-order valence-electron chi connectivity index (χ3n) is 9.92. The zero-order chi connectivity index (χ0) is 20.0. The molecule has 2 heteroatoms. The van der Waals surface area contributed by atoms with Gasteiger partial charge in [-0.15, -0.1) is 0 Å². The highest BCUT2D eigenvalue weighted by molar-refractivity contribution is 5.90. The molecule has 2 nitrogen and oxygen atoms in total. The maximum absolute atomic E-state index is 12.2. The number of esters is 1. The maximum atomic E-state index is 12.2. The van der Waals surface area contributed by atoms with Crippen molar-refractivity contribution in [2.24, 2.45) is 39.9 Å². The molecule has 0 radical (unpaired) electrons. The molecule has 0 aromatic rings. The molecular weight excluding hydrogens is 332 g/mol. The summed E-state index contributed by atoms with van der Waals surface area (Å²) in [4.78, 5) is 12.2. The fraction of sp³-hybridized carbons (Fsp3) is 0.880.